The lowest BCUT2D eigenvalue weighted by atomic mass is 9.58. The topological polar surface area (TPSA) is 223 Å². The van der Waals surface area contributed by atoms with Gasteiger partial charge in [0.05, 0.1) is 17.3 Å². The summed E-state index contributed by atoms with van der Waals surface area (Å²) in [6.07, 6.45) is 0.524. The third-order valence-corrected chi connectivity index (χ3v) is 8.95. The molecule has 0 bridgehead atoms. The molecule has 3 amide bonds. The van der Waals surface area contributed by atoms with E-state index >= 15 is 0 Å². The lowest BCUT2D eigenvalue weighted by Crippen LogP contribution is -2.63. The quantitative estimate of drug-likeness (QED) is 0.165. The Bertz CT molecular complexity index is 1560. The van der Waals surface area contributed by atoms with E-state index in [0.717, 1.165) is 11.3 Å². The molecule has 0 unspecified atom stereocenters. The minimum absolute atomic E-state index is 0.0616. The smallest absolute Gasteiger partial charge is 0.410 e. The number of hydrogen-bond acceptors (Lipinski definition) is 12. The molecule has 0 aromatic heterocycles. The van der Waals surface area contributed by atoms with E-state index in [1.807, 2.05) is 6.92 Å². The van der Waals surface area contributed by atoms with Crippen LogP contribution in [-0.4, -0.2) is 113 Å². The number of aliphatic hydroxyl groups is 3. The fourth-order valence-electron chi connectivity index (χ4n) is 6.83. The molecule has 249 valence electrons. The molecule has 15 heteroatoms. The molecule has 3 aliphatic rings. The van der Waals surface area contributed by atoms with Gasteiger partial charge in [0.2, 0.25) is 11.7 Å². The predicted molar refractivity (Wildman–Crippen MR) is 165 cm³/mol. The molecule has 1 radical (unpaired) electrons. The minimum Gasteiger partial charge on any atom is -0.510 e. The number of aliphatic hydroxyl groups excluding tert-OH is 2. The maximum atomic E-state index is 14.2. The summed E-state index contributed by atoms with van der Waals surface area (Å²) in [5.74, 6) is -8.44. The van der Waals surface area contributed by atoms with Gasteiger partial charge >= 0.3 is 6.09 Å². The molecule has 0 saturated heterocycles. The van der Waals surface area contributed by atoms with Crippen molar-refractivity contribution in [2.45, 2.75) is 44.2 Å². The number of phenols is 1. The number of fused-ring (bicyclic) bond motifs is 3. The van der Waals surface area contributed by atoms with E-state index in [2.05, 4.69) is 17.2 Å². The highest BCUT2D eigenvalue weighted by molar-refractivity contribution is 6.25. The number of nitrogens with two attached hydrogens (primary N) is 1. The number of benzene rings is 1. The van der Waals surface area contributed by atoms with E-state index in [1.54, 1.807) is 33.1 Å². The average molecular weight is 643 g/mol. The number of hydrogen-bond donors (Lipinski definition) is 6. The number of Topliss-reactive ketones (excluding diaryl/α,β-unsaturated/α-hetero) is 2. The molecule has 4 atom stereocenters. The summed E-state index contributed by atoms with van der Waals surface area (Å²) in [7, 11) is 9.59. The van der Waals surface area contributed by atoms with Gasteiger partial charge in [-0.25, -0.2) is 4.79 Å². The molecule has 4 rings (SSSR count). The van der Waals surface area contributed by atoms with E-state index in [4.69, 9.17) is 5.73 Å². The summed E-state index contributed by atoms with van der Waals surface area (Å²) < 4.78 is 4.52. The molecule has 0 heterocycles. The van der Waals surface area contributed by atoms with Gasteiger partial charge in [0, 0.05) is 37.8 Å². The van der Waals surface area contributed by atoms with E-state index in [1.165, 1.54) is 11.0 Å². The number of anilines is 2. The minimum atomic E-state index is -2.78. The van der Waals surface area contributed by atoms with Crippen molar-refractivity contribution in [2.75, 3.05) is 51.5 Å². The van der Waals surface area contributed by atoms with Crippen LogP contribution in [0.4, 0.5) is 16.2 Å². The second kappa shape index (κ2) is 12.6. The molecule has 15 nitrogen and oxygen atoms in total. The predicted octanol–water partition coefficient (Wildman–Crippen LogP) is 1.16. The average Bonchev–Trinajstić information content (AvgIpc) is 2.97. The molecule has 0 aliphatic heterocycles. The Hall–Kier alpha value is -4.63. The zero-order chi connectivity index (χ0) is 34.4. The number of amides is 3. The Morgan fingerprint density at radius 2 is 1.80 bits per heavy atom. The Morgan fingerprint density at radius 1 is 1.15 bits per heavy atom. The fraction of sp³-hybridized carbons (Fsp3) is 0.484. The van der Waals surface area contributed by atoms with Crippen LogP contribution in [0.3, 0.4) is 0 Å². The first-order valence-electron chi connectivity index (χ1n) is 14.7. The molecule has 1 aromatic rings. The van der Waals surface area contributed by atoms with Gasteiger partial charge in [0.25, 0.3) is 5.91 Å². The lowest BCUT2D eigenvalue weighted by molar-refractivity contribution is -0.148. The largest absolute Gasteiger partial charge is 0.510 e. The summed E-state index contributed by atoms with van der Waals surface area (Å²) >= 11 is 0. The highest BCUT2D eigenvalue weighted by Crippen LogP contribution is 2.53. The summed E-state index contributed by atoms with van der Waals surface area (Å²) in [5, 5.41) is 48.2. The summed E-state index contributed by atoms with van der Waals surface area (Å²) in [6, 6.07) is 0.367. The second-order valence-electron chi connectivity index (χ2n) is 12.2. The molecule has 0 fully saturated rings. The van der Waals surface area contributed by atoms with Gasteiger partial charge in [-0.3, -0.25) is 29.0 Å². The normalized spacial score (nSPS) is 23.9. The first-order valence-corrected chi connectivity index (χ1v) is 14.7. The van der Waals surface area contributed by atoms with E-state index in [0.29, 0.717) is 17.7 Å². The molecule has 0 spiro atoms. The molecule has 3 aliphatic carbocycles. The molecule has 1 aromatic carbocycles. The number of allylic oxidation sites excluding steroid dienone is 1. The van der Waals surface area contributed by atoms with Crippen LogP contribution in [0.25, 0.3) is 0 Å². The number of nitrogens with zero attached hydrogens (tertiary/aromatic N) is 3. The molecular weight excluding hydrogens is 602 g/mol. The van der Waals surface area contributed by atoms with Crippen molar-refractivity contribution < 1.29 is 49.1 Å². The van der Waals surface area contributed by atoms with Gasteiger partial charge < -0.3 is 41.1 Å². The van der Waals surface area contributed by atoms with Crippen molar-refractivity contribution >= 4 is 40.8 Å². The molecule has 0 saturated carbocycles. The van der Waals surface area contributed by atoms with Crippen LogP contribution in [0.5, 0.6) is 5.75 Å². The zero-order valence-electron chi connectivity index (χ0n) is 26.4. The fourth-order valence-corrected chi connectivity index (χ4v) is 6.83. The molecule has 46 heavy (non-hydrogen) atoms. The van der Waals surface area contributed by atoms with E-state index in [9.17, 15) is 44.4 Å². The number of nitrogens with one attached hydrogen (secondary N) is 1. The van der Waals surface area contributed by atoms with Crippen molar-refractivity contribution in [3.63, 3.8) is 0 Å². The monoisotopic (exact) mass is 642 g/mol. The first-order chi connectivity index (χ1) is 21.5. The zero-order valence-corrected chi connectivity index (χ0v) is 26.4. The van der Waals surface area contributed by atoms with Crippen molar-refractivity contribution in [2.24, 2.45) is 17.6 Å². The Balaban J connectivity index is 1.82. The second-order valence-corrected chi connectivity index (χ2v) is 12.2. The summed E-state index contributed by atoms with van der Waals surface area (Å²) in [6.45, 7) is 1.69. The lowest BCUT2D eigenvalue weighted by Gasteiger charge is -2.50. The van der Waals surface area contributed by atoms with Crippen molar-refractivity contribution in [1.82, 2.24) is 9.80 Å². The van der Waals surface area contributed by atoms with Crippen molar-refractivity contribution in [1.29, 1.82) is 0 Å². The number of phenolic OH excluding ortho intramolecular Hbond substituents is 1. The van der Waals surface area contributed by atoms with Crippen LogP contribution in [-0.2, 0) is 25.5 Å². The third-order valence-electron chi connectivity index (χ3n) is 8.95. The van der Waals surface area contributed by atoms with Gasteiger partial charge in [-0.1, -0.05) is 13.3 Å². The number of primary amides is 1. The number of carbonyl (C=O) groups excluding carboxylic acids is 5. The molecular formula is C31H40N5O10. The standard InChI is InChI=1S/C31H40N5O10/c1-7-8-9-36(30(44)46-6)13-19(37)33-17-12-18(34(2)3)15-10-14-11-16-23(35(4)5)26(40)22(29(32)43)28(42)31(16,45)27(41)20(14)25(39)21(15)24(17)38/h12,14,16,23,38,40-41,45H,6-11,13H2,1-5H3,(H2,32,43)(H,33,37)/t14-,16-,23-,31-/m0/s1. The number of likely N-dealkylation sites (N-methyl/N-ethyl adjacent to an activating group) is 1. The SMILES string of the molecule is [CH2]OC(=O)N(CCCC)CC(=O)Nc1cc(N(C)C)c2c(c1O)C(=O)C1=C(O)[C@]3(O)C(=O)C(C(N)=O)=C(O)[C@@H](N(C)C)[C@@H]3C[C@@H]1C2. The van der Waals surface area contributed by atoms with Crippen LogP contribution in [0, 0.1) is 18.9 Å². The number of unbranched alkanes of at least 4 members (excludes halogenated alkanes) is 1. The maximum absolute atomic E-state index is 14.2. The van der Waals surface area contributed by atoms with Crippen LogP contribution < -0.4 is 16.0 Å². The number of ether oxygens (including phenoxy) is 1. The van der Waals surface area contributed by atoms with Gasteiger partial charge in [-0.15, -0.1) is 0 Å². The first kappa shape index (κ1) is 34.2. The van der Waals surface area contributed by atoms with Crippen LogP contribution in [0.2, 0.25) is 0 Å². The van der Waals surface area contributed by atoms with Crippen LogP contribution >= 0.6 is 0 Å². The highest BCUT2D eigenvalue weighted by Gasteiger charge is 2.63. The van der Waals surface area contributed by atoms with Gasteiger partial charge in [0.1, 0.15) is 30.7 Å². The summed E-state index contributed by atoms with van der Waals surface area (Å²) in [4.78, 5) is 69.3. The summed E-state index contributed by atoms with van der Waals surface area (Å²) in [5.41, 5.74) is 1.81. The number of aromatic hydroxyl groups is 1. The number of ketones is 2. The van der Waals surface area contributed by atoms with Gasteiger partial charge in [-0.05, 0) is 50.9 Å². The molecule has 7 N–H and O–H groups in total. The Kier molecular flexibility index (Phi) is 9.41. The van der Waals surface area contributed by atoms with E-state index in [-0.39, 0.29) is 36.2 Å². The van der Waals surface area contributed by atoms with Crippen LogP contribution in [0.15, 0.2) is 28.7 Å². The van der Waals surface area contributed by atoms with Gasteiger partial charge in [0.15, 0.2) is 17.1 Å². The van der Waals surface area contributed by atoms with Gasteiger partial charge in [-0.2, -0.15) is 0 Å². The number of rotatable bonds is 9. The Morgan fingerprint density at radius 3 is 2.35 bits per heavy atom. The third kappa shape index (κ3) is 5.42. The maximum Gasteiger partial charge on any atom is 0.410 e. The Labute approximate surface area is 265 Å². The van der Waals surface area contributed by atoms with E-state index < -0.39 is 82.3 Å². The van der Waals surface area contributed by atoms with Crippen LogP contribution in [0.1, 0.15) is 42.1 Å². The van der Waals surface area contributed by atoms with Crippen molar-refractivity contribution in [3.8, 4) is 5.75 Å². The highest BCUT2D eigenvalue weighted by atomic mass is 16.5. The number of carbonyl (C=O) groups is 5. The van der Waals surface area contributed by atoms with Crippen molar-refractivity contribution in [3.05, 3.63) is 47.0 Å².